The van der Waals surface area contributed by atoms with E-state index in [0.717, 1.165) is 18.5 Å². The normalized spacial score (nSPS) is 17.4. The highest BCUT2D eigenvalue weighted by atomic mass is 28.3. The molecule has 2 heterocycles. The molecule has 1 aliphatic heterocycles. The molecule has 1 unspecified atom stereocenters. The van der Waals surface area contributed by atoms with Crippen LogP contribution in [0.3, 0.4) is 0 Å². The zero-order chi connectivity index (χ0) is 18.5. The molecule has 0 fully saturated rings. The summed E-state index contributed by atoms with van der Waals surface area (Å²) in [6.07, 6.45) is 0.905. The van der Waals surface area contributed by atoms with Crippen molar-refractivity contribution in [2.24, 2.45) is 0 Å². The molecule has 4 heteroatoms. The van der Waals surface area contributed by atoms with Crippen molar-refractivity contribution in [1.29, 1.82) is 0 Å². The third kappa shape index (κ3) is 2.78. The average molecular weight is 363 g/mol. The molecule has 134 valence electrons. The van der Waals surface area contributed by atoms with Gasteiger partial charge in [-0.1, -0.05) is 67.3 Å². The van der Waals surface area contributed by atoms with Gasteiger partial charge in [-0.25, -0.2) is 0 Å². The van der Waals surface area contributed by atoms with Crippen LogP contribution < -0.4 is 5.19 Å². The van der Waals surface area contributed by atoms with Crippen LogP contribution in [0.2, 0.25) is 19.6 Å². The van der Waals surface area contributed by atoms with Crippen molar-refractivity contribution in [2.45, 2.75) is 39.0 Å². The summed E-state index contributed by atoms with van der Waals surface area (Å²) in [6, 6.07) is 17.4. The highest BCUT2D eigenvalue weighted by molar-refractivity contribution is 6.88. The first-order valence-electron chi connectivity index (χ1n) is 9.33. The number of aromatic nitrogens is 1. The van der Waals surface area contributed by atoms with Crippen LogP contribution in [0, 0.1) is 0 Å². The molecule has 3 nitrogen and oxygen atoms in total. The van der Waals surface area contributed by atoms with E-state index in [4.69, 9.17) is 0 Å². The molecule has 1 N–H and O–H groups in total. The summed E-state index contributed by atoms with van der Waals surface area (Å²) in [5.74, 6) is 0.133. The second kappa shape index (κ2) is 6.13. The highest BCUT2D eigenvalue weighted by Crippen LogP contribution is 2.38. The predicted octanol–water partition coefficient (Wildman–Crippen LogP) is 4.21. The number of hydrogen-bond donors (Lipinski definition) is 1. The number of aromatic amines is 1. The largest absolute Gasteiger partial charge is 0.356 e. The van der Waals surface area contributed by atoms with E-state index < -0.39 is 8.07 Å². The van der Waals surface area contributed by atoms with Crippen molar-refractivity contribution in [1.82, 2.24) is 9.88 Å². The van der Waals surface area contributed by atoms with Crippen LogP contribution in [-0.4, -0.2) is 30.4 Å². The summed E-state index contributed by atoms with van der Waals surface area (Å²) in [5.41, 5.74) is 4.88. The van der Waals surface area contributed by atoms with Gasteiger partial charge < -0.3 is 9.88 Å². The number of fused-ring (bicyclic) bond motifs is 3. The lowest BCUT2D eigenvalue weighted by Gasteiger charge is -2.35. The number of carbonyl (C=O) groups excluding carboxylic acids is 1. The van der Waals surface area contributed by atoms with Gasteiger partial charge in [-0.3, -0.25) is 4.79 Å². The van der Waals surface area contributed by atoms with Crippen LogP contribution in [-0.2, 0) is 11.2 Å². The van der Waals surface area contributed by atoms with E-state index >= 15 is 0 Å². The molecule has 1 aliphatic rings. The summed E-state index contributed by atoms with van der Waals surface area (Å²) in [7, 11) is -1.33. The summed E-state index contributed by atoms with van der Waals surface area (Å²) in [5, 5.41) is 2.73. The van der Waals surface area contributed by atoms with Gasteiger partial charge in [0.15, 0.2) is 0 Å². The number of nitrogens with one attached hydrogen (secondary N) is 1. The van der Waals surface area contributed by atoms with Gasteiger partial charge in [0.1, 0.15) is 0 Å². The van der Waals surface area contributed by atoms with E-state index in [0.29, 0.717) is 0 Å². The number of carbonyl (C=O) groups is 1. The highest BCUT2D eigenvalue weighted by Gasteiger charge is 2.33. The minimum atomic E-state index is -1.33. The maximum atomic E-state index is 12.4. The van der Waals surface area contributed by atoms with E-state index in [1.807, 2.05) is 4.90 Å². The fourth-order valence-corrected chi connectivity index (χ4v) is 5.26. The molecule has 2 aromatic carbocycles. The van der Waals surface area contributed by atoms with E-state index in [2.05, 4.69) is 73.2 Å². The lowest BCUT2D eigenvalue weighted by molar-refractivity contribution is -0.130. The minimum absolute atomic E-state index is 0.0284. The molecule has 1 aromatic heterocycles. The Hall–Kier alpha value is -2.33. The lowest BCUT2D eigenvalue weighted by Crippen LogP contribution is -2.40. The predicted molar refractivity (Wildman–Crippen MR) is 111 cm³/mol. The van der Waals surface area contributed by atoms with Crippen LogP contribution in [0.4, 0.5) is 0 Å². The minimum Gasteiger partial charge on any atom is -0.356 e. The van der Waals surface area contributed by atoms with Gasteiger partial charge in [0.2, 0.25) is 5.91 Å². The SMILES string of the molecule is CC(=O)N1CCc2c([nH]c3ccccc23)C1c1ccc([Si](C)(C)C)cc1. The number of benzene rings is 2. The van der Waals surface area contributed by atoms with E-state index in [9.17, 15) is 4.79 Å². The molecule has 0 bridgehead atoms. The third-order valence-electron chi connectivity index (χ3n) is 5.53. The molecular weight excluding hydrogens is 336 g/mol. The standard InChI is InChI=1S/C22H26N2OSi/c1-15(25)24-14-13-19-18-7-5-6-8-20(18)23-21(19)22(24)16-9-11-17(12-10-16)26(2,3)4/h5-12,22-23H,13-14H2,1-4H3. The Balaban J connectivity index is 1.85. The Bertz CT molecular complexity index is 966. The maximum absolute atomic E-state index is 12.4. The third-order valence-corrected chi connectivity index (χ3v) is 7.60. The summed E-state index contributed by atoms with van der Waals surface area (Å²) < 4.78 is 0. The number of amides is 1. The van der Waals surface area contributed by atoms with Crippen LogP contribution >= 0.6 is 0 Å². The Morgan fingerprint density at radius 1 is 1.08 bits per heavy atom. The average Bonchev–Trinajstić information content (AvgIpc) is 2.99. The van der Waals surface area contributed by atoms with Gasteiger partial charge in [0.05, 0.1) is 14.1 Å². The first kappa shape index (κ1) is 17.1. The second-order valence-corrected chi connectivity index (χ2v) is 13.4. The summed E-state index contributed by atoms with van der Waals surface area (Å²) >= 11 is 0. The van der Waals surface area contributed by atoms with Gasteiger partial charge in [0.25, 0.3) is 0 Å². The lowest BCUT2D eigenvalue weighted by atomic mass is 9.92. The Morgan fingerprint density at radius 3 is 2.42 bits per heavy atom. The van der Waals surface area contributed by atoms with Gasteiger partial charge in [-0.15, -0.1) is 0 Å². The van der Waals surface area contributed by atoms with Gasteiger partial charge >= 0.3 is 0 Å². The molecule has 0 spiro atoms. The molecule has 3 aromatic rings. The zero-order valence-electron chi connectivity index (χ0n) is 16.0. The Morgan fingerprint density at radius 2 is 1.77 bits per heavy atom. The van der Waals surface area contributed by atoms with Gasteiger partial charge in [-0.2, -0.15) is 0 Å². The van der Waals surface area contributed by atoms with Crippen LogP contribution in [0.1, 0.15) is 29.8 Å². The van der Waals surface area contributed by atoms with Crippen molar-refractivity contribution in [2.75, 3.05) is 6.54 Å². The fraction of sp³-hybridized carbons (Fsp3) is 0.318. The van der Waals surface area contributed by atoms with Gasteiger partial charge in [0, 0.05) is 30.1 Å². The number of nitrogens with zero attached hydrogens (tertiary/aromatic N) is 1. The first-order valence-corrected chi connectivity index (χ1v) is 12.8. The number of H-pyrrole nitrogens is 1. The van der Waals surface area contributed by atoms with E-state index in [1.54, 1.807) is 6.92 Å². The monoisotopic (exact) mass is 362 g/mol. The molecule has 4 rings (SSSR count). The van der Waals surface area contributed by atoms with Crippen molar-refractivity contribution in [3.8, 4) is 0 Å². The molecule has 1 amide bonds. The van der Waals surface area contributed by atoms with E-state index in [1.165, 1.54) is 27.4 Å². The quantitative estimate of drug-likeness (QED) is 0.681. The smallest absolute Gasteiger partial charge is 0.220 e. The number of rotatable bonds is 2. The van der Waals surface area contributed by atoms with Crippen LogP contribution in [0.15, 0.2) is 48.5 Å². The molecule has 0 saturated heterocycles. The number of para-hydroxylation sites is 1. The number of hydrogen-bond acceptors (Lipinski definition) is 1. The van der Waals surface area contributed by atoms with Crippen LogP contribution in [0.25, 0.3) is 10.9 Å². The van der Waals surface area contributed by atoms with Crippen molar-refractivity contribution < 1.29 is 4.79 Å². The van der Waals surface area contributed by atoms with Crippen molar-refractivity contribution >= 4 is 30.1 Å². The maximum Gasteiger partial charge on any atom is 0.220 e. The summed E-state index contributed by atoms with van der Waals surface area (Å²) in [6.45, 7) is 9.53. The topological polar surface area (TPSA) is 36.1 Å². The fourth-order valence-electron chi connectivity index (χ4n) is 4.09. The summed E-state index contributed by atoms with van der Waals surface area (Å²) in [4.78, 5) is 18.0. The first-order chi connectivity index (χ1) is 12.4. The molecular formula is C22H26N2OSi. The van der Waals surface area contributed by atoms with Gasteiger partial charge in [-0.05, 0) is 23.6 Å². The second-order valence-electron chi connectivity index (χ2n) is 8.30. The molecule has 26 heavy (non-hydrogen) atoms. The van der Waals surface area contributed by atoms with Crippen LogP contribution in [0.5, 0.6) is 0 Å². The zero-order valence-corrected chi connectivity index (χ0v) is 17.0. The van der Waals surface area contributed by atoms with Crippen molar-refractivity contribution in [3.63, 3.8) is 0 Å². The van der Waals surface area contributed by atoms with Crippen molar-refractivity contribution in [3.05, 3.63) is 65.4 Å². The van der Waals surface area contributed by atoms with E-state index in [-0.39, 0.29) is 11.9 Å². The Labute approximate surface area is 156 Å². The Kier molecular flexibility index (Phi) is 4.03. The molecule has 0 radical (unpaired) electrons. The molecule has 0 aliphatic carbocycles. The molecule has 1 atom stereocenters. The molecule has 0 saturated carbocycles.